The van der Waals surface area contributed by atoms with Crippen molar-refractivity contribution in [2.45, 2.75) is 18.9 Å². The van der Waals surface area contributed by atoms with Gasteiger partial charge in [0.05, 0.1) is 6.10 Å². The average molecular weight is 367 g/mol. The summed E-state index contributed by atoms with van der Waals surface area (Å²) in [5.74, 6) is 0.101. The molecule has 2 aromatic carbocycles. The van der Waals surface area contributed by atoms with Gasteiger partial charge in [0.25, 0.3) is 11.8 Å². The summed E-state index contributed by atoms with van der Waals surface area (Å²) in [6.45, 7) is 1.28. The molecule has 1 amide bonds. The summed E-state index contributed by atoms with van der Waals surface area (Å²) in [6.07, 6.45) is 2.12. The lowest BCUT2D eigenvalue weighted by Gasteiger charge is -2.10. The number of carbonyl (C=O) groups excluding carboxylic acids is 1. The van der Waals surface area contributed by atoms with Gasteiger partial charge in [-0.1, -0.05) is 17.3 Å². The Balaban J connectivity index is 1.43. The molecular weight excluding hydrogens is 349 g/mol. The molecule has 1 unspecified atom stereocenters. The van der Waals surface area contributed by atoms with E-state index in [0.29, 0.717) is 35.0 Å². The Bertz CT molecular complexity index is 934. The molecule has 1 N–H and O–H groups in total. The van der Waals surface area contributed by atoms with Crippen LogP contribution in [0.5, 0.6) is 0 Å². The van der Waals surface area contributed by atoms with E-state index in [0.717, 1.165) is 19.4 Å². The number of hydrogen-bond acceptors (Lipinski definition) is 5. The van der Waals surface area contributed by atoms with Crippen LogP contribution in [0.15, 0.2) is 53.1 Å². The van der Waals surface area contributed by atoms with Gasteiger partial charge < -0.3 is 14.6 Å². The van der Waals surface area contributed by atoms with E-state index in [2.05, 4.69) is 15.5 Å². The lowest BCUT2D eigenvalue weighted by Crippen LogP contribution is -2.31. The number of nitrogens with zero attached hydrogens (tertiary/aromatic N) is 2. The highest BCUT2D eigenvalue weighted by molar-refractivity contribution is 5.94. The fourth-order valence-electron chi connectivity index (χ4n) is 2.96. The number of aromatic nitrogens is 2. The molecule has 1 aliphatic rings. The number of halogens is 1. The molecule has 7 heteroatoms. The molecule has 1 fully saturated rings. The molecule has 0 saturated carbocycles. The van der Waals surface area contributed by atoms with Gasteiger partial charge in [-0.25, -0.2) is 4.39 Å². The lowest BCUT2D eigenvalue weighted by atomic mass is 10.1. The standard InChI is InChI=1S/C20H18FN3O3/c21-16-4-1-3-15(11-16)18-23-20(27-24-18)14-8-6-13(7-9-14)19(25)22-12-17-5-2-10-26-17/h1,3-4,6-9,11,17H,2,5,10,12H2,(H,22,25). The molecule has 6 nitrogen and oxygen atoms in total. The fraction of sp³-hybridized carbons (Fsp3) is 0.250. The highest BCUT2D eigenvalue weighted by Crippen LogP contribution is 2.23. The minimum atomic E-state index is -0.364. The number of carbonyl (C=O) groups is 1. The van der Waals surface area contributed by atoms with Crippen LogP contribution in [-0.2, 0) is 4.74 Å². The fourth-order valence-corrected chi connectivity index (χ4v) is 2.96. The van der Waals surface area contributed by atoms with Crippen molar-refractivity contribution in [1.82, 2.24) is 15.5 Å². The molecule has 1 atom stereocenters. The molecule has 138 valence electrons. The van der Waals surface area contributed by atoms with Gasteiger partial charge in [0.15, 0.2) is 0 Å². The Kier molecular flexibility index (Phi) is 4.93. The first-order valence-corrected chi connectivity index (χ1v) is 8.79. The molecule has 0 radical (unpaired) electrons. The molecular formula is C20H18FN3O3. The van der Waals surface area contributed by atoms with Crippen molar-refractivity contribution in [3.05, 3.63) is 59.9 Å². The zero-order valence-electron chi connectivity index (χ0n) is 14.5. The number of amides is 1. The van der Waals surface area contributed by atoms with Gasteiger partial charge in [0.2, 0.25) is 5.82 Å². The zero-order chi connectivity index (χ0) is 18.6. The summed E-state index contributed by atoms with van der Waals surface area (Å²) in [7, 11) is 0. The van der Waals surface area contributed by atoms with Gasteiger partial charge in [-0.15, -0.1) is 0 Å². The predicted molar refractivity (Wildman–Crippen MR) is 96.4 cm³/mol. The molecule has 0 spiro atoms. The van der Waals surface area contributed by atoms with Crippen LogP contribution in [0, 0.1) is 5.82 Å². The maximum Gasteiger partial charge on any atom is 0.258 e. The van der Waals surface area contributed by atoms with E-state index < -0.39 is 0 Å². The van der Waals surface area contributed by atoms with Crippen LogP contribution < -0.4 is 5.32 Å². The molecule has 1 aromatic heterocycles. The van der Waals surface area contributed by atoms with Crippen molar-refractivity contribution in [1.29, 1.82) is 0 Å². The quantitative estimate of drug-likeness (QED) is 0.747. The molecule has 4 rings (SSSR count). The average Bonchev–Trinajstić information content (AvgIpc) is 3.38. The Hall–Kier alpha value is -3.06. The van der Waals surface area contributed by atoms with Crippen LogP contribution in [0.25, 0.3) is 22.8 Å². The SMILES string of the molecule is O=C(NCC1CCCO1)c1ccc(-c2nc(-c3cccc(F)c3)no2)cc1. The van der Waals surface area contributed by atoms with Crippen molar-refractivity contribution >= 4 is 5.91 Å². The van der Waals surface area contributed by atoms with Gasteiger partial charge >= 0.3 is 0 Å². The Morgan fingerprint density at radius 1 is 1.19 bits per heavy atom. The van der Waals surface area contributed by atoms with Crippen LogP contribution in [0.1, 0.15) is 23.2 Å². The number of ether oxygens (including phenoxy) is 1. The second kappa shape index (κ2) is 7.67. The van der Waals surface area contributed by atoms with Gasteiger partial charge in [-0.05, 0) is 49.2 Å². The second-order valence-corrected chi connectivity index (χ2v) is 6.36. The largest absolute Gasteiger partial charge is 0.376 e. The van der Waals surface area contributed by atoms with Gasteiger partial charge in [0, 0.05) is 29.8 Å². The van der Waals surface area contributed by atoms with E-state index >= 15 is 0 Å². The van der Waals surface area contributed by atoms with Crippen molar-refractivity contribution in [3.63, 3.8) is 0 Å². The van der Waals surface area contributed by atoms with Gasteiger partial charge in [-0.2, -0.15) is 4.98 Å². The van der Waals surface area contributed by atoms with Crippen molar-refractivity contribution in [2.24, 2.45) is 0 Å². The molecule has 0 bridgehead atoms. The third-order valence-corrected chi connectivity index (χ3v) is 4.42. The maximum absolute atomic E-state index is 13.3. The summed E-state index contributed by atoms with van der Waals surface area (Å²) < 4.78 is 24.1. The minimum Gasteiger partial charge on any atom is -0.376 e. The number of hydrogen-bond donors (Lipinski definition) is 1. The van der Waals surface area contributed by atoms with Crippen LogP contribution >= 0.6 is 0 Å². The van der Waals surface area contributed by atoms with Crippen molar-refractivity contribution < 1.29 is 18.4 Å². The van der Waals surface area contributed by atoms with Gasteiger partial charge in [-0.3, -0.25) is 4.79 Å². The molecule has 0 aliphatic carbocycles. The van der Waals surface area contributed by atoms with Crippen LogP contribution in [0.3, 0.4) is 0 Å². The van der Waals surface area contributed by atoms with Gasteiger partial charge in [0.1, 0.15) is 5.82 Å². The summed E-state index contributed by atoms with van der Waals surface area (Å²) >= 11 is 0. The third-order valence-electron chi connectivity index (χ3n) is 4.42. The first kappa shape index (κ1) is 17.4. The molecule has 1 aliphatic heterocycles. The van der Waals surface area contributed by atoms with Crippen LogP contribution in [0.4, 0.5) is 4.39 Å². The highest BCUT2D eigenvalue weighted by atomic mass is 19.1. The Morgan fingerprint density at radius 2 is 2.04 bits per heavy atom. The minimum absolute atomic E-state index is 0.105. The van der Waals surface area contributed by atoms with E-state index in [1.807, 2.05) is 0 Å². The molecule has 1 saturated heterocycles. The van der Waals surface area contributed by atoms with Crippen LogP contribution in [0.2, 0.25) is 0 Å². The second-order valence-electron chi connectivity index (χ2n) is 6.36. The molecule has 27 heavy (non-hydrogen) atoms. The first-order chi connectivity index (χ1) is 13.2. The maximum atomic E-state index is 13.3. The topological polar surface area (TPSA) is 77.2 Å². The number of benzene rings is 2. The Morgan fingerprint density at radius 3 is 2.78 bits per heavy atom. The third kappa shape index (κ3) is 4.03. The van der Waals surface area contributed by atoms with E-state index in [1.54, 1.807) is 36.4 Å². The lowest BCUT2D eigenvalue weighted by molar-refractivity contribution is 0.0858. The first-order valence-electron chi connectivity index (χ1n) is 8.79. The van der Waals surface area contributed by atoms with E-state index in [9.17, 15) is 9.18 Å². The van der Waals surface area contributed by atoms with Crippen molar-refractivity contribution in [3.8, 4) is 22.8 Å². The number of nitrogens with one attached hydrogen (secondary N) is 1. The molecule has 2 heterocycles. The Labute approximate surface area is 155 Å². The summed E-state index contributed by atoms with van der Waals surface area (Å²) in [5.41, 5.74) is 1.76. The summed E-state index contributed by atoms with van der Waals surface area (Å²) in [5, 5.41) is 6.77. The van der Waals surface area contributed by atoms with E-state index in [-0.39, 0.29) is 17.8 Å². The van der Waals surface area contributed by atoms with E-state index in [1.165, 1.54) is 12.1 Å². The highest BCUT2D eigenvalue weighted by Gasteiger charge is 2.17. The predicted octanol–water partition coefficient (Wildman–Crippen LogP) is 3.45. The molecule has 3 aromatic rings. The number of rotatable bonds is 5. The normalized spacial score (nSPS) is 16.4. The van der Waals surface area contributed by atoms with Crippen molar-refractivity contribution in [2.75, 3.05) is 13.2 Å². The monoisotopic (exact) mass is 367 g/mol. The smallest absolute Gasteiger partial charge is 0.258 e. The summed E-state index contributed by atoms with van der Waals surface area (Å²) in [4.78, 5) is 16.5. The zero-order valence-corrected chi connectivity index (χ0v) is 14.5. The van der Waals surface area contributed by atoms with E-state index in [4.69, 9.17) is 9.26 Å². The van der Waals surface area contributed by atoms with Crippen LogP contribution in [-0.4, -0.2) is 35.3 Å². The summed E-state index contributed by atoms with van der Waals surface area (Å²) in [6, 6.07) is 12.9.